The third-order valence-corrected chi connectivity index (χ3v) is 3.11. The number of hydrogen-bond acceptors (Lipinski definition) is 2. The van der Waals surface area contributed by atoms with Crippen LogP contribution in [-0.4, -0.2) is 25.0 Å². The van der Waals surface area contributed by atoms with E-state index >= 15 is 0 Å². The highest BCUT2D eigenvalue weighted by molar-refractivity contribution is 9.10. The van der Waals surface area contributed by atoms with Crippen molar-refractivity contribution >= 4 is 34.2 Å². The number of carbonyl (C=O) groups excluding carboxylic acids is 1. The smallest absolute Gasteiger partial charge is 0.224 e. The van der Waals surface area contributed by atoms with Crippen LogP contribution in [0.3, 0.4) is 0 Å². The maximum absolute atomic E-state index is 13.0. The molecule has 0 unspecified atom stereocenters. The predicted molar refractivity (Wildman–Crippen MR) is 81.2 cm³/mol. The molecule has 0 fully saturated rings. The molecule has 1 rings (SSSR count). The highest BCUT2D eigenvalue weighted by Gasteiger charge is 2.07. The van der Waals surface area contributed by atoms with Gasteiger partial charge in [0.05, 0.1) is 10.9 Å². The summed E-state index contributed by atoms with van der Waals surface area (Å²) in [5.74, 6) is -0.377. The molecule has 0 aliphatic heterocycles. The average molecular weight is 354 g/mol. The van der Waals surface area contributed by atoms with E-state index in [4.69, 9.17) is 0 Å². The zero-order chi connectivity index (χ0) is 13.5. The van der Waals surface area contributed by atoms with Crippen LogP contribution in [0.2, 0.25) is 0 Å². The van der Waals surface area contributed by atoms with Gasteiger partial charge in [-0.25, -0.2) is 4.39 Å². The number of hydrogen-bond donors (Lipinski definition) is 2. The Labute approximate surface area is 127 Å². The Morgan fingerprint density at radius 2 is 2.16 bits per heavy atom. The van der Waals surface area contributed by atoms with E-state index in [0.29, 0.717) is 11.0 Å². The zero-order valence-corrected chi connectivity index (χ0v) is 13.4. The van der Waals surface area contributed by atoms with Crippen molar-refractivity contribution in [3.05, 3.63) is 34.1 Å². The molecule has 1 atom stereocenters. The molecule has 1 amide bonds. The summed E-state index contributed by atoms with van der Waals surface area (Å²) in [7, 11) is 0. The predicted octanol–water partition coefficient (Wildman–Crippen LogP) is 2.67. The molecule has 0 aliphatic carbocycles. The van der Waals surface area contributed by atoms with Crippen LogP contribution in [0.1, 0.15) is 19.4 Å². The standard InChI is InChI=1S/C13H18BrFN2O.ClH/c1-3-16-9(2)8-17-13(18)7-10-4-5-12(15)11(14)6-10;/h4-6,9,16H,3,7-8H2,1-2H3,(H,17,18);1H/t9-;/m1./s1. The van der Waals surface area contributed by atoms with Gasteiger partial charge < -0.3 is 10.6 Å². The molecule has 0 bridgehead atoms. The minimum Gasteiger partial charge on any atom is -0.354 e. The van der Waals surface area contributed by atoms with Gasteiger partial charge in [0.1, 0.15) is 5.82 Å². The largest absolute Gasteiger partial charge is 0.354 e. The molecule has 0 saturated heterocycles. The van der Waals surface area contributed by atoms with Crippen molar-refractivity contribution in [2.45, 2.75) is 26.3 Å². The van der Waals surface area contributed by atoms with Crippen LogP contribution in [0.4, 0.5) is 4.39 Å². The number of nitrogens with one attached hydrogen (secondary N) is 2. The molecule has 2 N–H and O–H groups in total. The first-order valence-corrected chi connectivity index (χ1v) is 6.76. The minimum absolute atomic E-state index is 0. The summed E-state index contributed by atoms with van der Waals surface area (Å²) in [6, 6.07) is 4.85. The Bertz CT molecular complexity index is 418. The number of rotatable bonds is 6. The van der Waals surface area contributed by atoms with Crippen LogP contribution in [0.15, 0.2) is 22.7 Å². The van der Waals surface area contributed by atoms with E-state index in [1.165, 1.54) is 6.07 Å². The summed E-state index contributed by atoms with van der Waals surface area (Å²) in [6.45, 7) is 5.50. The second-order valence-electron chi connectivity index (χ2n) is 4.19. The van der Waals surface area contributed by atoms with Gasteiger partial charge in [0.15, 0.2) is 0 Å². The topological polar surface area (TPSA) is 41.1 Å². The van der Waals surface area contributed by atoms with Crippen LogP contribution in [0.5, 0.6) is 0 Å². The van der Waals surface area contributed by atoms with Crippen LogP contribution in [-0.2, 0) is 11.2 Å². The van der Waals surface area contributed by atoms with Gasteiger partial charge in [0.25, 0.3) is 0 Å². The SMILES string of the molecule is CCN[C@H](C)CNC(=O)Cc1ccc(F)c(Br)c1.Cl. The van der Waals surface area contributed by atoms with Crippen LogP contribution >= 0.6 is 28.3 Å². The first-order valence-electron chi connectivity index (χ1n) is 5.97. The van der Waals surface area contributed by atoms with E-state index in [1.54, 1.807) is 12.1 Å². The third-order valence-electron chi connectivity index (χ3n) is 2.51. The van der Waals surface area contributed by atoms with Gasteiger partial charge in [-0.1, -0.05) is 13.0 Å². The van der Waals surface area contributed by atoms with Crippen molar-refractivity contribution in [2.75, 3.05) is 13.1 Å². The Morgan fingerprint density at radius 1 is 1.47 bits per heavy atom. The summed E-state index contributed by atoms with van der Waals surface area (Å²) in [5, 5.41) is 6.05. The van der Waals surface area contributed by atoms with Crippen molar-refractivity contribution in [1.29, 1.82) is 0 Å². The van der Waals surface area contributed by atoms with Crippen LogP contribution < -0.4 is 10.6 Å². The molecule has 1 aromatic carbocycles. The second kappa shape index (κ2) is 9.28. The molecular formula is C13H19BrClFN2O. The van der Waals surface area contributed by atoms with Crippen molar-refractivity contribution < 1.29 is 9.18 Å². The fraction of sp³-hybridized carbons (Fsp3) is 0.462. The van der Waals surface area contributed by atoms with Crippen LogP contribution in [0, 0.1) is 5.82 Å². The van der Waals surface area contributed by atoms with Crippen molar-refractivity contribution in [1.82, 2.24) is 10.6 Å². The van der Waals surface area contributed by atoms with E-state index in [0.717, 1.165) is 12.1 Å². The Kier molecular flexibility index (Phi) is 8.97. The number of halogens is 3. The number of benzene rings is 1. The van der Waals surface area contributed by atoms with E-state index < -0.39 is 0 Å². The summed E-state index contributed by atoms with van der Waals surface area (Å²) in [4.78, 5) is 11.7. The van der Waals surface area contributed by atoms with E-state index in [9.17, 15) is 9.18 Å². The van der Waals surface area contributed by atoms with Crippen LogP contribution in [0.25, 0.3) is 0 Å². The molecule has 0 aromatic heterocycles. The Morgan fingerprint density at radius 3 is 2.74 bits per heavy atom. The fourth-order valence-corrected chi connectivity index (χ4v) is 2.01. The molecule has 108 valence electrons. The Hall–Kier alpha value is -0.650. The van der Waals surface area contributed by atoms with Gasteiger partial charge in [0, 0.05) is 12.6 Å². The Balaban J connectivity index is 0.00000324. The van der Waals surface area contributed by atoms with Crippen molar-refractivity contribution in [3.63, 3.8) is 0 Å². The fourth-order valence-electron chi connectivity index (χ4n) is 1.59. The quantitative estimate of drug-likeness (QED) is 0.825. The van der Waals surface area contributed by atoms with Gasteiger partial charge in [0.2, 0.25) is 5.91 Å². The van der Waals surface area contributed by atoms with Gasteiger partial charge >= 0.3 is 0 Å². The number of likely N-dealkylation sites (N-methyl/N-ethyl adjacent to an activating group) is 1. The maximum Gasteiger partial charge on any atom is 0.224 e. The molecule has 6 heteroatoms. The third kappa shape index (κ3) is 6.89. The zero-order valence-electron chi connectivity index (χ0n) is 11.0. The number of amides is 1. The lowest BCUT2D eigenvalue weighted by Gasteiger charge is -2.13. The highest BCUT2D eigenvalue weighted by Crippen LogP contribution is 2.17. The molecule has 19 heavy (non-hydrogen) atoms. The van der Waals surface area contributed by atoms with E-state index in [-0.39, 0.29) is 36.6 Å². The summed E-state index contributed by atoms with van der Waals surface area (Å²) in [5.41, 5.74) is 0.789. The van der Waals surface area contributed by atoms with E-state index in [1.807, 2.05) is 13.8 Å². The van der Waals surface area contributed by atoms with E-state index in [2.05, 4.69) is 26.6 Å². The van der Waals surface area contributed by atoms with Gasteiger partial charge in [-0.3, -0.25) is 4.79 Å². The van der Waals surface area contributed by atoms with Gasteiger partial charge in [-0.2, -0.15) is 0 Å². The van der Waals surface area contributed by atoms with Gasteiger partial charge in [-0.05, 0) is 47.1 Å². The van der Waals surface area contributed by atoms with Crippen molar-refractivity contribution in [3.8, 4) is 0 Å². The molecule has 0 spiro atoms. The first-order chi connectivity index (χ1) is 8.52. The summed E-state index contributed by atoms with van der Waals surface area (Å²) >= 11 is 3.10. The lowest BCUT2D eigenvalue weighted by molar-refractivity contribution is -0.120. The highest BCUT2D eigenvalue weighted by atomic mass is 79.9. The summed E-state index contributed by atoms with van der Waals surface area (Å²) < 4.78 is 13.4. The lowest BCUT2D eigenvalue weighted by atomic mass is 10.1. The van der Waals surface area contributed by atoms with Crippen molar-refractivity contribution in [2.24, 2.45) is 0 Å². The minimum atomic E-state index is -0.320. The summed E-state index contributed by atoms with van der Waals surface area (Å²) in [6.07, 6.45) is 0.262. The molecule has 0 radical (unpaired) electrons. The molecule has 0 aliphatic rings. The molecule has 0 saturated carbocycles. The lowest BCUT2D eigenvalue weighted by Crippen LogP contribution is -2.39. The monoisotopic (exact) mass is 352 g/mol. The molecular weight excluding hydrogens is 335 g/mol. The second-order valence-corrected chi connectivity index (χ2v) is 5.04. The van der Waals surface area contributed by atoms with Gasteiger partial charge in [-0.15, -0.1) is 12.4 Å². The molecule has 3 nitrogen and oxygen atoms in total. The first kappa shape index (κ1) is 18.4. The maximum atomic E-state index is 13.0. The molecule has 1 aromatic rings. The molecule has 0 heterocycles. The average Bonchev–Trinajstić information content (AvgIpc) is 2.32. The normalized spacial score (nSPS) is 11.6. The number of carbonyl (C=O) groups is 1.